The summed E-state index contributed by atoms with van der Waals surface area (Å²) >= 11 is 0. The van der Waals surface area contributed by atoms with Crippen molar-refractivity contribution in [2.45, 2.75) is 6.54 Å². The molecule has 0 aromatic heterocycles. The van der Waals surface area contributed by atoms with Gasteiger partial charge >= 0.3 is 11.9 Å². The van der Waals surface area contributed by atoms with Crippen LogP contribution < -0.4 is 0 Å². The molecular weight excluding hydrogens is 267 g/mol. The first-order valence-electron chi connectivity index (χ1n) is 5.09. The van der Waals surface area contributed by atoms with Crippen LogP contribution in [0.4, 0.5) is 13.2 Å². The lowest BCUT2D eigenvalue weighted by molar-refractivity contribution is -0.142. The van der Waals surface area contributed by atoms with Gasteiger partial charge in [-0.1, -0.05) is 0 Å². The molecule has 0 spiro atoms. The second-order valence-corrected chi connectivity index (χ2v) is 3.79. The van der Waals surface area contributed by atoms with Crippen LogP contribution in [0.5, 0.6) is 0 Å². The number of rotatable bonds is 6. The molecule has 0 radical (unpaired) electrons. The number of hydrogen-bond donors (Lipinski definition) is 2. The summed E-state index contributed by atoms with van der Waals surface area (Å²) in [6, 6.07) is 0.895. The lowest BCUT2D eigenvalue weighted by Crippen LogP contribution is -2.34. The van der Waals surface area contributed by atoms with Crippen LogP contribution in [0.3, 0.4) is 0 Å². The highest BCUT2D eigenvalue weighted by Crippen LogP contribution is 2.15. The van der Waals surface area contributed by atoms with Crippen LogP contribution in [-0.4, -0.2) is 40.1 Å². The van der Waals surface area contributed by atoms with Gasteiger partial charge in [-0.15, -0.1) is 0 Å². The Balaban J connectivity index is 2.92. The number of aliphatic carboxylic acids is 2. The van der Waals surface area contributed by atoms with Gasteiger partial charge in [0.1, 0.15) is 5.82 Å². The molecule has 2 N–H and O–H groups in total. The zero-order chi connectivity index (χ0) is 14.6. The van der Waals surface area contributed by atoms with Crippen LogP contribution in [0, 0.1) is 17.5 Å². The molecule has 0 unspecified atom stereocenters. The number of hydrogen-bond acceptors (Lipinski definition) is 3. The van der Waals surface area contributed by atoms with E-state index in [1.807, 2.05) is 0 Å². The molecule has 0 bridgehead atoms. The average Bonchev–Trinajstić information content (AvgIpc) is 2.23. The van der Waals surface area contributed by atoms with Crippen molar-refractivity contribution in [1.29, 1.82) is 0 Å². The lowest BCUT2D eigenvalue weighted by atomic mass is 10.2. The fourth-order valence-corrected chi connectivity index (χ4v) is 1.48. The van der Waals surface area contributed by atoms with Gasteiger partial charge in [-0.2, -0.15) is 0 Å². The zero-order valence-electron chi connectivity index (χ0n) is 9.57. The van der Waals surface area contributed by atoms with Crippen molar-refractivity contribution in [3.63, 3.8) is 0 Å². The minimum atomic E-state index is -1.37. The van der Waals surface area contributed by atoms with Gasteiger partial charge in [0.05, 0.1) is 13.1 Å². The van der Waals surface area contributed by atoms with Gasteiger partial charge in [0.2, 0.25) is 0 Å². The SMILES string of the molecule is O=C(O)CN(CC(=O)O)Cc1cc(F)c(F)cc1F. The Labute approximate surface area is 105 Å². The number of nitrogens with zero attached hydrogens (tertiary/aromatic N) is 1. The van der Waals surface area contributed by atoms with Crippen molar-refractivity contribution in [2.24, 2.45) is 0 Å². The van der Waals surface area contributed by atoms with Gasteiger partial charge in [-0.25, -0.2) is 13.2 Å². The number of carbonyl (C=O) groups is 2. The fourth-order valence-electron chi connectivity index (χ4n) is 1.48. The Kier molecular flexibility index (Phi) is 4.87. The fraction of sp³-hybridized carbons (Fsp3) is 0.273. The molecule has 0 aliphatic heterocycles. The molecule has 104 valence electrons. The summed E-state index contributed by atoms with van der Waals surface area (Å²) in [7, 11) is 0. The van der Waals surface area contributed by atoms with Crippen LogP contribution in [0.15, 0.2) is 12.1 Å². The Morgan fingerprint density at radius 1 is 0.947 bits per heavy atom. The molecule has 0 amide bonds. The van der Waals surface area contributed by atoms with E-state index < -0.39 is 49.0 Å². The van der Waals surface area contributed by atoms with E-state index in [2.05, 4.69) is 0 Å². The normalized spacial score (nSPS) is 10.7. The van der Waals surface area contributed by atoms with Crippen LogP contribution in [-0.2, 0) is 16.1 Å². The second kappa shape index (κ2) is 6.19. The van der Waals surface area contributed by atoms with Crippen LogP contribution in [0.1, 0.15) is 5.56 Å². The Morgan fingerprint density at radius 3 is 1.89 bits per heavy atom. The van der Waals surface area contributed by atoms with E-state index in [4.69, 9.17) is 10.2 Å². The third-order valence-electron chi connectivity index (χ3n) is 2.20. The molecule has 1 rings (SSSR count). The molecule has 0 saturated carbocycles. The van der Waals surface area contributed by atoms with E-state index in [0.717, 1.165) is 4.90 Å². The van der Waals surface area contributed by atoms with Gasteiger partial charge in [0, 0.05) is 18.2 Å². The standard InChI is InChI=1S/C11H10F3NO4/c12-7-2-9(14)8(13)1-6(7)3-15(4-10(16)17)5-11(18)19/h1-2H,3-5H2,(H,16,17)(H,18,19). The Morgan fingerprint density at radius 2 is 1.42 bits per heavy atom. The third kappa shape index (κ3) is 4.59. The molecular formula is C11H10F3NO4. The second-order valence-electron chi connectivity index (χ2n) is 3.79. The zero-order valence-corrected chi connectivity index (χ0v) is 9.57. The molecule has 19 heavy (non-hydrogen) atoms. The summed E-state index contributed by atoms with van der Waals surface area (Å²) in [6.45, 7) is -1.78. The summed E-state index contributed by atoms with van der Waals surface area (Å²) in [5.74, 6) is -6.36. The topological polar surface area (TPSA) is 77.8 Å². The summed E-state index contributed by atoms with van der Waals surface area (Å²) in [6.07, 6.45) is 0. The number of carboxylic acid groups (broad SMARTS) is 2. The molecule has 1 aromatic carbocycles. The van der Waals surface area contributed by atoms with Crippen LogP contribution in [0.25, 0.3) is 0 Å². The minimum absolute atomic E-state index is 0.318. The molecule has 0 aliphatic rings. The van der Waals surface area contributed by atoms with Gasteiger partial charge < -0.3 is 10.2 Å². The van der Waals surface area contributed by atoms with E-state index in [0.29, 0.717) is 12.1 Å². The van der Waals surface area contributed by atoms with E-state index >= 15 is 0 Å². The summed E-state index contributed by atoms with van der Waals surface area (Å²) in [5.41, 5.74) is -0.318. The molecule has 0 saturated heterocycles. The highest BCUT2D eigenvalue weighted by atomic mass is 19.2. The first-order chi connectivity index (χ1) is 8.79. The summed E-state index contributed by atoms with van der Waals surface area (Å²) in [5, 5.41) is 17.2. The quantitative estimate of drug-likeness (QED) is 0.761. The highest BCUT2D eigenvalue weighted by Gasteiger charge is 2.17. The molecule has 1 aromatic rings. The first kappa shape index (κ1) is 15.0. The molecule has 0 aliphatic carbocycles. The van der Waals surface area contributed by atoms with E-state index in [-0.39, 0.29) is 5.56 Å². The third-order valence-corrected chi connectivity index (χ3v) is 2.20. The predicted molar refractivity (Wildman–Crippen MR) is 56.9 cm³/mol. The Hall–Kier alpha value is -2.09. The smallest absolute Gasteiger partial charge is 0.317 e. The summed E-state index contributed by atoms with van der Waals surface area (Å²) < 4.78 is 39.0. The first-order valence-corrected chi connectivity index (χ1v) is 5.09. The molecule has 5 nitrogen and oxygen atoms in total. The van der Waals surface area contributed by atoms with Crippen molar-refractivity contribution in [2.75, 3.05) is 13.1 Å². The van der Waals surface area contributed by atoms with Gasteiger partial charge in [0.25, 0.3) is 0 Å². The number of halogens is 3. The minimum Gasteiger partial charge on any atom is -0.480 e. The van der Waals surface area contributed by atoms with Crippen molar-refractivity contribution in [3.8, 4) is 0 Å². The monoisotopic (exact) mass is 277 g/mol. The van der Waals surface area contributed by atoms with Crippen molar-refractivity contribution in [1.82, 2.24) is 4.90 Å². The number of carboxylic acids is 2. The maximum atomic E-state index is 13.3. The van der Waals surface area contributed by atoms with Crippen molar-refractivity contribution in [3.05, 3.63) is 35.1 Å². The van der Waals surface area contributed by atoms with Crippen molar-refractivity contribution >= 4 is 11.9 Å². The number of benzene rings is 1. The van der Waals surface area contributed by atoms with Crippen LogP contribution >= 0.6 is 0 Å². The largest absolute Gasteiger partial charge is 0.480 e. The average molecular weight is 277 g/mol. The Bertz CT molecular complexity index is 491. The molecule has 8 heteroatoms. The predicted octanol–water partition coefficient (Wildman–Crippen LogP) is 1.08. The van der Waals surface area contributed by atoms with E-state index in [1.54, 1.807) is 0 Å². The van der Waals surface area contributed by atoms with Gasteiger partial charge in [0.15, 0.2) is 11.6 Å². The maximum absolute atomic E-state index is 13.3. The van der Waals surface area contributed by atoms with E-state index in [1.165, 1.54) is 0 Å². The van der Waals surface area contributed by atoms with E-state index in [9.17, 15) is 22.8 Å². The highest BCUT2D eigenvalue weighted by molar-refractivity contribution is 5.72. The molecule has 0 atom stereocenters. The molecule has 0 heterocycles. The summed E-state index contributed by atoms with van der Waals surface area (Å²) in [4.78, 5) is 21.9. The van der Waals surface area contributed by atoms with Crippen LogP contribution in [0.2, 0.25) is 0 Å². The lowest BCUT2D eigenvalue weighted by Gasteiger charge is -2.18. The van der Waals surface area contributed by atoms with Gasteiger partial charge in [-0.05, 0) is 6.07 Å². The van der Waals surface area contributed by atoms with Gasteiger partial charge in [-0.3, -0.25) is 14.5 Å². The maximum Gasteiger partial charge on any atom is 0.317 e. The molecule has 0 fully saturated rings. The van der Waals surface area contributed by atoms with Crippen molar-refractivity contribution < 1.29 is 33.0 Å².